The van der Waals surface area contributed by atoms with Gasteiger partial charge in [-0.15, -0.1) is 0 Å². The normalized spacial score (nSPS) is 10.3. The monoisotopic (exact) mass is 349 g/mol. The summed E-state index contributed by atoms with van der Waals surface area (Å²) in [4.78, 5) is 16.8. The summed E-state index contributed by atoms with van der Waals surface area (Å²) in [5, 5.41) is 9.36. The molecule has 2 heterocycles. The zero-order valence-corrected chi connectivity index (χ0v) is 14.4. The lowest BCUT2D eigenvalue weighted by Gasteiger charge is -2.11. The number of aromatic nitrogens is 2. The minimum absolute atomic E-state index is 0.125. The van der Waals surface area contributed by atoms with Crippen LogP contribution in [-0.4, -0.2) is 9.55 Å². The lowest BCUT2D eigenvalue weighted by molar-refractivity contribution is 0.991. The van der Waals surface area contributed by atoms with Crippen LogP contribution in [0, 0.1) is 11.3 Å². The van der Waals surface area contributed by atoms with E-state index in [2.05, 4.69) is 11.1 Å². The van der Waals surface area contributed by atoms with Crippen molar-refractivity contribution in [3.05, 3.63) is 107 Å². The number of hydrogen-bond donors (Lipinski definition) is 0. The van der Waals surface area contributed by atoms with Crippen molar-refractivity contribution in [1.29, 1.82) is 5.26 Å². The zero-order valence-electron chi connectivity index (χ0n) is 14.4. The molecule has 27 heavy (non-hydrogen) atoms. The summed E-state index contributed by atoms with van der Waals surface area (Å²) in [5.74, 6) is 0. The number of pyridine rings is 2. The van der Waals surface area contributed by atoms with E-state index in [4.69, 9.17) is 0 Å². The summed E-state index contributed by atoms with van der Waals surface area (Å²) in [5.41, 5.74) is 4.61. The molecule has 128 valence electrons. The van der Waals surface area contributed by atoms with Gasteiger partial charge in [-0.05, 0) is 47.5 Å². The average molecular weight is 349 g/mol. The minimum Gasteiger partial charge on any atom is -0.284 e. The van der Waals surface area contributed by atoms with Crippen LogP contribution in [0.15, 0.2) is 96.1 Å². The van der Waals surface area contributed by atoms with Crippen LogP contribution < -0.4 is 5.56 Å². The molecule has 0 aliphatic carbocycles. The van der Waals surface area contributed by atoms with Gasteiger partial charge in [0, 0.05) is 29.7 Å². The molecular formula is C23H15N3O. The molecule has 0 aliphatic heterocycles. The molecule has 0 aliphatic rings. The van der Waals surface area contributed by atoms with Crippen molar-refractivity contribution in [3.8, 4) is 34.1 Å². The maximum atomic E-state index is 12.5. The number of nitrogens with zero attached hydrogens (tertiary/aromatic N) is 3. The van der Waals surface area contributed by atoms with Gasteiger partial charge >= 0.3 is 0 Å². The SMILES string of the molecule is N#Cc1ccccc1-c1cccc(-n2cc(-c3ccccn3)ccc2=O)c1. The van der Waals surface area contributed by atoms with Crippen molar-refractivity contribution < 1.29 is 0 Å². The average Bonchev–Trinajstić information content (AvgIpc) is 2.75. The molecule has 0 saturated heterocycles. The van der Waals surface area contributed by atoms with Crippen molar-refractivity contribution >= 4 is 0 Å². The topological polar surface area (TPSA) is 58.7 Å². The largest absolute Gasteiger partial charge is 0.284 e. The van der Waals surface area contributed by atoms with Crippen molar-refractivity contribution in [1.82, 2.24) is 9.55 Å². The van der Waals surface area contributed by atoms with Crippen LogP contribution in [0.1, 0.15) is 5.56 Å². The summed E-state index contributed by atoms with van der Waals surface area (Å²) in [6, 6.07) is 26.3. The summed E-state index contributed by atoms with van der Waals surface area (Å²) < 4.78 is 1.60. The van der Waals surface area contributed by atoms with Gasteiger partial charge < -0.3 is 0 Å². The molecule has 0 unspecified atom stereocenters. The molecule has 0 atom stereocenters. The highest BCUT2D eigenvalue weighted by Gasteiger charge is 2.08. The van der Waals surface area contributed by atoms with E-state index in [0.29, 0.717) is 5.56 Å². The molecule has 0 bridgehead atoms. The molecule has 2 aromatic heterocycles. The zero-order chi connectivity index (χ0) is 18.6. The molecule has 0 N–H and O–H groups in total. The maximum absolute atomic E-state index is 12.5. The Labute approximate surface area is 156 Å². The van der Waals surface area contributed by atoms with E-state index in [1.807, 2.05) is 60.7 Å². The van der Waals surface area contributed by atoms with E-state index >= 15 is 0 Å². The summed E-state index contributed by atoms with van der Waals surface area (Å²) >= 11 is 0. The van der Waals surface area contributed by atoms with Crippen molar-refractivity contribution in [2.75, 3.05) is 0 Å². The second kappa shape index (κ2) is 7.11. The lowest BCUT2D eigenvalue weighted by Crippen LogP contribution is -2.16. The third-order valence-corrected chi connectivity index (χ3v) is 4.35. The lowest BCUT2D eigenvalue weighted by atomic mass is 10.00. The van der Waals surface area contributed by atoms with Gasteiger partial charge in [-0.3, -0.25) is 14.3 Å². The first-order chi connectivity index (χ1) is 13.3. The van der Waals surface area contributed by atoms with Crippen LogP contribution in [0.25, 0.3) is 28.1 Å². The van der Waals surface area contributed by atoms with Gasteiger partial charge in [0.2, 0.25) is 0 Å². The Hall–Kier alpha value is -3.97. The summed E-state index contributed by atoms with van der Waals surface area (Å²) in [6.45, 7) is 0. The Morgan fingerprint density at radius 2 is 1.70 bits per heavy atom. The van der Waals surface area contributed by atoms with E-state index in [0.717, 1.165) is 28.1 Å². The third kappa shape index (κ3) is 3.26. The molecule has 4 heteroatoms. The van der Waals surface area contributed by atoms with Crippen molar-refractivity contribution in [3.63, 3.8) is 0 Å². The standard InChI is InChI=1S/C23H15N3O/c24-15-18-6-1-2-9-21(18)17-7-5-8-20(14-17)26-16-19(11-12-23(26)27)22-10-3-4-13-25-22/h1-14,16H. The number of benzene rings is 2. The van der Waals surface area contributed by atoms with Crippen LogP contribution in [0.3, 0.4) is 0 Å². The fourth-order valence-electron chi connectivity index (χ4n) is 3.03. The Balaban J connectivity index is 1.83. The van der Waals surface area contributed by atoms with Gasteiger partial charge in [0.1, 0.15) is 0 Å². The second-order valence-corrected chi connectivity index (χ2v) is 6.05. The smallest absolute Gasteiger partial charge is 0.255 e. The van der Waals surface area contributed by atoms with E-state index in [1.54, 1.807) is 35.2 Å². The Kier molecular flexibility index (Phi) is 4.34. The summed E-state index contributed by atoms with van der Waals surface area (Å²) in [6.07, 6.45) is 3.52. The summed E-state index contributed by atoms with van der Waals surface area (Å²) in [7, 11) is 0. The first-order valence-electron chi connectivity index (χ1n) is 8.50. The van der Waals surface area contributed by atoms with Gasteiger partial charge in [-0.2, -0.15) is 5.26 Å². The van der Waals surface area contributed by atoms with Gasteiger partial charge in [0.15, 0.2) is 0 Å². The molecule has 0 amide bonds. The third-order valence-electron chi connectivity index (χ3n) is 4.35. The molecule has 4 aromatic rings. The number of rotatable bonds is 3. The van der Waals surface area contributed by atoms with Gasteiger partial charge in [0.25, 0.3) is 5.56 Å². The molecule has 0 spiro atoms. The quantitative estimate of drug-likeness (QED) is 0.549. The predicted molar refractivity (Wildman–Crippen MR) is 105 cm³/mol. The highest BCUT2D eigenvalue weighted by molar-refractivity contribution is 5.72. The minimum atomic E-state index is -0.125. The fraction of sp³-hybridized carbons (Fsp3) is 0. The molecule has 4 nitrogen and oxygen atoms in total. The van der Waals surface area contributed by atoms with E-state index < -0.39 is 0 Å². The molecule has 4 rings (SSSR count). The van der Waals surface area contributed by atoms with Crippen molar-refractivity contribution in [2.45, 2.75) is 0 Å². The van der Waals surface area contributed by atoms with Gasteiger partial charge in [0.05, 0.1) is 17.3 Å². The Morgan fingerprint density at radius 1 is 0.852 bits per heavy atom. The molecule has 0 fully saturated rings. The van der Waals surface area contributed by atoms with E-state index in [-0.39, 0.29) is 5.56 Å². The maximum Gasteiger partial charge on any atom is 0.255 e. The highest BCUT2D eigenvalue weighted by atomic mass is 16.1. The van der Waals surface area contributed by atoms with Gasteiger partial charge in [-0.25, -0.2) is 0 Å². The molecule has 0 saturated carbocycles. The first kappa shape index (κ1) is 16.5. The Morgan fingerprint density at radius 3 is 2.52 bits per heavy atom. The highest BCUT2D eigenvalue weighted by Crippen LogP contribution is 2.25. The molecule has 0 radical (unpaired) electrons. The van der Waals surface area contributed by atoms with Crippen molar-refractivity contribution in [2.24, 2.45) is 0 Å². The molecular weight excluding hydrogens is 334 g/mol. The number of hydrogen-bond acceptors (Lipinski definition) is 3. The van der Waals surface area contributed by atoms with Crippen LogP contribution in [0.4, 0.5) is 0 Å². The van der Waals surface area contributed by atoms with Crippen LogP contribution in [0.5, 0.6) is 0 Å². The van der Waals surface area contributed by atoms with Crippen LogP contribution in [0.2, 0.25) is 0 Å². The predicted octanol–water partition coefficient (Wildman–Crippen LogP) is 4.44. The second-order valence-electron chi connectivity index (χ2n) is 6.05. The van der Waals surface area contributed by atoms with E-state index in [9.17, 15) is 10.1 Å². The fourth-order valence-corrected chi connectivity index (χ4v) is 3.03. The first-order valence-corrected chi connectivity index (χ1v) is 8.50. The van der Waals surface area contributed by atoms with Gasteiger partial charge in [-0.1, -0.05) is 36.4 Å². The van der Waals surface area contributed by atoms with E-state index in [1.165, 1.54) is 0 Å². The number of nitriles is 1. The Bertz CT molecular complexity index is 1200. The molecule has 2 aromatic carbocycles. The van der Waals surface area contributed by atoms with Crippen LogP contribution >= 0.6 is 0 Å². The van der Waals surface area contributed by atoms with Crippen LogP contribution in [-0.2, 0) is 0 Å².